The van der Waals surface area contributed by atoms with E-state index in [1.54, 1.807) is 24.7 Å². The minimum absolute atomic E-state index is 0.507. The highest BCUT2D eigenvalue weighted by atomic mass is 16.4. The molecule has 0 atom stereocenters. The summed E-state index contributed by atoms with van der Waals surface area (Å²) in [5.41, 5.74) is 0.0670. The highest BCUT2D eigenvalue weighted by Crippen LogP contribution is 2.04. The van der Waals surface area contributed by atoms with Crippen molar-refractivity contribution in [1.82, 2.24) is 15.1 Å². The van der Waals surface area contributed by atoms with Gasteiger partial charge < -0.3 is 5.11 Å². The third-order valence-electron chi connectivity index (χ3n) is 2.03. The van der Waals surface area contributed by atoms with Crippen molar-refractivity contribution < 1.29 is 9.90 Å². The predicted molar refractivity (Wildman–Crippen MR) is 51.8 cm³/mol. The Bertz CT molecular complexity index is 331. The number of carboxylic acids is 1. The molecule has 5 nitrogen and oxygen atoms in total. The first-order valence-corrected chi connectivity index (χ1v) is 4.38. The van der Waals surface area contributed by atoms with Gasteiger partial charge in [0.25, 0.3) is 0 Å². The largest absolute Gasteiger partial charge is 0.480 e. The van der Waals surface area contributed by atoms with Gasteiger partial charge in [0, 0.05) is 25.4 Å². The summed E-state index contributed by atoms with van der Waals surface area (Å²) >= 11 is 0. The van der Waals surface area contributed by atoms with E-state index in [1.165, 1.54) is 0 Å². The summed E-state index contributed by atoms with van der Waals surface area (Å²) in [7, 11) is 1.83. The number of carbonyl (C=O) groups is 1. The summed E-state index contributed by atoms with van der Waals surface area (Å²) in [6.45, 7) is 3.77. The number of carboxylic acid groups (broad SMARTS) is 1. The lowest BCUT2D eigenvalue weighted by Crippen LogP contribution is -2.46. The van der Waals surface area contributed by atoms with Gasteiger partial charge in [-0.05, 0) is 13.8 Å². The van der Waals surface area contributed by atoms with Crippen molar-refractivity contribution in [3.63, 3.8) is 0 Å². The van der Waals surface area contributed by atoms with Crippen molar-refractivity contribution in [2.75, 3.05) is 0 Å². The Kier molecular flexibility index (Phi) is 2.90. The Morgan fingerprint density at radius 2 is 2.36 bits per heavy atom. The molecule has 5 heteroatoms. The van der Waals surface area contributed by atoms with Crippen molar-refractivity contribution in [3.05, 3.63) is 18.0 Å². The quantitative estimate of drug-likeness (QED) is 0.732. The highest BCUT2D eigenvalue weighted by Gasteiger charge is 2.25. The molecule has 14 heavy (non-hydrogen) atoms. The molecule has 1 heterocycles. The average molecular weight is 197 g/mol. The summed E-state index contributed by atoms with van der Waals surface area (Å²) < 4.78 is 1.69. The van der Waals surface area contributed by atoms with Gasteiger partial charge in [0.05, 0.1) is 6.20 Å². The van der Waals surface area contributed by atoms with Crippen LogP contribution in [0.15, 0.2) is 12.4 Å². The third-order valence-corrected chi connectivity index (χ3v) is 2.03. The van der Waals surface area contributed by atoms with E-state index < -0.39 is 11.5 Å². The van der Waals surface area contributed by atoms with Crippen molar-refractivity contribution in [1.29, 1.82) is 0 Å². The van der Waals surface area contributed by atoms with Crippen molar-refractivity contribution in [2.45, 2.75) is 25.9 Å². The molecule has 0 saturated heterocycles. The van der Waals surface area contributed by atoms with E-state index in [1.807, 2.05) is 13.2 Å². The van der Waals surface area contributed by atoms with Crippen LogP contribution in [-0.4, -0.2) is 26.4 Å². The molecule has 0 fully saturated rings. The first kappa shape index (κ1) is 10.7. The molecular weight excluding hydrogens is 182 g/mol. The fourth-order valence-corrected chi connectivity index (χ4v) is 0.962. The average Bonchev–Trinajstić information content (AvgIpc) is 2.48. The Hall–Kier alpha value is -1.36. The molecule has 0 saturated carbocycles. The van der Waals surface area contributed by atoms with E-state index in [9.17, 15) is 4.79 Å². The number of rotatable bonds is 4. The molecule has 0 aliphatic heterocycles. The minimum Gasteiger partial charge on any atom is -0.480 e. The number of aliphatic carboxylic acids is 1. The lowest BCUT2D eigenvalue weighted by atomic mass is 10.1. The van der Waals surface area contributed by atoms with E-state index in [2.05, 4.69) is 10.4 Å². The van der Waals surface area contributed by atoms with Crippen molar-refractivity contribution >= 4 is 5.97 Å². The molecule has 0 radical (unpaired) electrons. The second-order valence-electron chi connectivity index (χ2n) is 3.81. The lowest BCUT2D eigenvalue weighted by molar-refractivity contribution is -0.143. The van der Waals surface area contributed by atoms with Gasteiger partial charge in [-0.2, -0.15) is 5.10 Å². The number of hydrogen-bond acceptors (Lipinski definition) is 3. The SMILES string of the molecule is Cn1cc(CNC(C)(C)C(=O)O)cn1. The third kappa shape index (κ3) is 2.56. The smallest absolute Gasteiger partial charge is 0.323 e. The molecule has 1 aromatic rings. The van der Waals surface area contributed by atoms with Crippen LogP contribution in [0.4, 0.5) is 0 Å². The highest BCUT2D eigenvalue weighted by molar-refractivity contribution is 5.77. The van der Waals surface area contributed by atoms with E-state index in [0.717, 1.165) is 5.56 Å². The van der Waals surface area contributed by atoms with Crippen molar-refractivity contribution in [2.24, 2.45) is 7.05 Å². The summed E-state index contributed by atoms with van der Waals surface area (Å²) in [6.07, 6.45) is 3.57. The fourth-order valence-electron chi connectivity index (χ4n) is 0.962. The van der Waals surface area contributed by atoms with Crippen LogP contribution in [-0.2, 0) is 18.4 Å². The van der Waals surface area contributed by atoms with Gasteiger partial charge in [-0.1, -0.05) is 0 Å². The van der Waals surface area contributed by atoms with E-state index >= 15 is 0 Å². The summed E-state index contributed by atoms with van der Waals surface area (Å²) in [4.78, 5) is 10.8. The van der Waals surface area contributed by atoms with E-state index in [-0.39, 0.29) is 0 Å². The number of nitrogens with one attached hydrogen (secondary N) is 1. The van der Waals surface area contributed by atoms with Crippen LogP contribution in [0, 0.1) is 0 Å². The second-order valence-corrected chi connectivity index (χ2v) is 3.81. The Morgan fingerprint density at radius 3 is 2.79 bits per heavy atom. The minimum atomic E-state index is -0.907. The molecule has 1 aromatic heterocycles. The molecule has 1 rings (SSSR count). The van der Waals surface area contributed by atoms with Gasteiger partial charge in [0.1, 0.15) is 5.54 Å². The summed E-state index contributed by atoms with van der Waals surface area (Å²) in [6, 6.07) is 0. The second kappa shape index (κ2) is 3.79. The molecule has 0 aliphatic carbocycles. The van der Waals surface area contributed by atoms with Gasteiger partial charge in [0.15, 0.2) is 0 Å². The van der Waals surface area contributed by atoms with E-state index in [4.69, 9.17) is 5.11 Å². The molecule has 0 spiro atoms. The molecule has 0 amide bonds. The molecule has 0 bridgehead atoms. The molecule has 0 aromatic carbocycles. The van der Waals surface area contributed by atoms with E-state index in [0.29, 0.717) is 6.54 Å². The lowest BCUT2D eigenvalue weighted by Gasteiger charge is -2.20. The number of aromatic nitrogens is 2. The maximum Gasteiger partial charge on any atom is 0.323 e. The fraction of sp³-hybridized carbons (Fsp3) is 0.556. The number of nitrogens with zero attached hydrogens (tertiary/aromatic N) is 2. The van der Waals surface area contributed by atoms with Crippen LogP contribution < -0.4 is 5.32 Å². The number of aryl methyl sites for hydroxylation is 1. The normalized spacial score (nSPS) is 11.6. The monoisotopic (exact) mass is 197 g/mol. The van der Waals surface area contributed by atoms with Crippen LogP contribution in [0.5, 0.6) is 0 Å². The van der Waals surface area contributed by atoms with Gasteiger partial charge in [-0.25, -0.2) is 0 Å². The van der Waals surface area contributed by atoms with Crippen LogP contribution in [0.1, 0.15) is 19.4 Å². The summed E-state index contributed by atoms with van der Waals surface area (Å²) in [5.74, 6) is -0.860. The molecule has 78 valence electrons. The van der Waals surface area contributed by atoms with Crippen LogP contribution in [0.25, 0.3) is 0 Å². The van der Waals surface area contributed by atoms with Gasteiger partial charge >= 0.3 is 5.97 Å². The van der Waals surface area contributed by atoms with Gasteiger partial charge in [-0.15, -0.1) is 0 Å². The van der Waals surface area contributed by atoms with Gasteiger partial charge in [-0.3, -0.25) is 14.8 Å². The predicted octanol–water partition coefficient (Wildman–Crippen LogP) is 0.373. The molecule has 2 N–H and O–H groups in total. The maximum absolute atomic E-state index is 10.8. The van der Waals surface area contributed by atoms with Crippen LogP contribution in [0.2, 0.25) is 0 Å². The Balaban J connectivity index is 2.52. The molecular formula is C9H15N3O2. The standard InChI is InChI=1S/C9H15N3O2/c1-9(2,8(13)14)10-4-7-5-11-12(3)6-7/h5-6,10H,4H2,1-3H3,(H,13,14). The van der Waals surface area contributed by atoms with Gasteiger partial charge in [0.2, 0.25) is 0 Å². The Morgan fingerprint density at radius 1 is 1.71 bits per heavy atom. The zero-order valence-electron chi connectivity index (χ0n) is 8.61. The van der Waals surface area contributed by atoms with Crippen LogP contribution >= 0.6 is 0 Å². The summed E-state index contributed by atoms with van der Waals surface area (Å²) in [5, 5.41) is 15.8. The maximum atomic E-state index is 10.8. The number of hydrogen-bond donors (Lipinski definition) is 2. The zero-order chi connectivity index (χ0) is 10.8. The Labute approximate surface area is 82.7 Å². The van der Waals surface area contributed by atoms with Crippen molar-refractivity contribution in [3.8, 4) is 0 Å². The molecule has 0 aliphatic rings. The topological polar surface area (TPSA) is 67.2 Å². The first-order valence-electron chi connectivity index (χ1n) is 4.38. The van der Waals surface area contributed by atoms with Crippen LogP contribution in [0.3, 0.4) is 0 Å². The first-order chi connectivity index (χ1) is 6.42. The zero-order valence-corrected chi connectivity index (χ0v) is 8.61. The molecule has 0 unspecified atom stereocenters.